The molecular formula is C19H21N3O3. The first kappa shape index (κ1) is 16.8. The van der Waals surface area contributed by atoms with Gasteiger partial charge < -0.3 is 20.0 Å². The number of rotatable bonds is 7. The number of amides is 1. The second-order valence-corrected chi connectivity index (χ2v) is 5.87. The van der Waals surface area contributed by atoms with Crippen molar-refractivity contribution in [3.63, 3.8) is 0 Å². The lowest BCUT2D eigenvalue weighted by Gasteiger charge is -2.08. The molecule has 1 heterocycles. The van der Waals surface area contributed by atoms with Crippen LogP contribution in [0.1, 0.15) is 36.5 Å². The first-order chi connectivity index (χ1) is 12.2. The highest BCUT2D eigenvalue weighted by Gasteiger charge is 2.07. The summed E-state index contributed by atoms with van der Waals surface area (Å²) >= 11 is 0. The zero-order valence-electron chi connectivity index (χ0n) is 14.1. The third kappa shape index (κ3) is 4.29. The molecule has 6 nitrogen and oxygen atoms in total. The van der Waals surface area contributed by atoms with Crippen LogP contribution in [0.25, 0.3) is 11.0 Å². The van der Waals surface area contributed by atoms with Crippen molar-refractivity contribution in [3.05, 3.63) is 58.5 Å². The fourth-order valence-electron chi connectivity index (χ4n) is 2.56. The number of imidazole rings is 1. The molecule has 6 heteroatoms. The number of unbranched alkanes of at least 4 members (excludes halogenated alkanes) is 2. The van der Waals surface area contributed by atoms with Crippen molar-refractivity contribution in [2.45, 2.75) is 26.2 Å². The first-order valence-corrected chi connectivity index (χ1v) is 8.42. The van der Waals surface area contributed by atoms with Gasteiger partial charge in [0.05, 0.1) is 17.6 Å². The lowest BCUT2D eigenvalue weighted by Crippen LogP contribution is -2.11. The van der Waals surface area contributed by atoms with Crippen molar-refractivity contribution in [1.29, 1.82) is 0 Å². The number of hydrogen-bond donors (Lipinski definition) is 3. The normalized spacial score (nSPS) is 10.8. The van der Waals surface area contributed by atoms with Crippen LogP contribution < -0.4 is 15.7 Å². The summed E-state index contributed by atoms with van der Waals surface area (Å²) in [6.45, 7) is 2.84. The molecule has 0 radical (unpaired) electrons. The van der Waals surface area contributed by atoms with Crippen LogP contribution in [0.15, 0.2) is 47.3 Å². The van der Waals surface area contributed by atoms with Gasteiger partial charge in [-0.15, -0.1) is 0 Å². The van der Waals surface area contributed by atoms with E-state index in [9.17, 15) is 9.59 Å². The Morgan fingerprint density at radius 3 is 2.56 bits per heavy atom. The van der Waals surface area contributed by atoms with Gasteiger partial charge in [-0.25, -0.2) is 4.79 Å². The van der Waals surface area contributed by atoms with Crippen molar-refractivity contribution >= 4 is 22.6 Å². The number of carbonyl (C=O) groups is 1. The molecule has 0 saturated carbocycles. The minimum absolute atomic E-state index is 0.213. The van der Waals surface area contributed by atoms with Gasteiger partial charge in [-0.2, -0.15) is 0 Å². The topological polar surface area (TPSA) is 87.0 Å². The Morgan fingerprint density at radius 2 is 1.80 bits per heavy atom. The SMILES string of the molecule is CCCCCOc1ccc(C(=O)Nc2ccc3[nH]c(=O)[nH]c3c2)cc1. The fraction of sp³-hybridized carbons (Fsp3) is 0.263. The van der Waals surface area contributed by atoms with E-state index in [1.165, 1.54) is 0 Å². The van der Waals surface area contributed by atoms with Crippen molar-refractivity contribution < 1.29 is 9.53 Å². The Balaban J connectivity index is 1.62. The standard InChI is InChI=1S/C19H21N3O3/c1-2-3-4-11-25-15-8-5-13(6-9-15)18(23)20-14-7-10-16-17(12-14)22-19(24)21-16/h5-10,12H,2-4,11H2,1H3,(H,20,23)(H2,21,22,24). The number of H-pyrrole nitrogens is 2. The number of benzene rings is 2. The monoisotopic (exact) mass is 339 g/mol. The van der Waals surface area contributed by atoms with E-state index >= 15 is 0 Å². The zero-order chi connectivity index (χ0) is 17.6. The van der Waals surface area contributed by atoms with E-state index in [1.807, 2.05) is 0 Å². The van der Waals surface area contributed by atoms with Gasteiger partial charge in [-0.05, 0) is 48.9 Å². The molecule has 0 saturated heterocycles. The summed E-state index contributed by atoms with van der Waals surface area (Å²) in [5.41, 5.74) is 2.25. The summed E-state index contributed by atoms with van der Waals surface area (Å²) in [7, 11) is 0. The molecule has 0 aliphatic rings. The molecule has 1 aromatic heterocycles. The largest absolute Gasteiger partial charge is 0.494 e. The maximum absolute atomic E-state index is 12.3. The van der Waals surface area contributed by atoms with Crippen LogP contribution in [-0.2, 0) is 0 Å². The number of anilines is 1. The molecule has 0 atom stereocenters. The van der Waals surface area contributed by atoms with E-state index < -0.39 is 0 Å². The molecule has 0 spiro atoms. The summed E-state index contributed by atoms with van der Waals surface area (Å²) in [5.74, 6) is 0.550. The molecule has 0 fully saturated rings. The molecule has 3 rings (SSSR count). The molecule has 0 aliphatic heterocycles. The Morgan fingerprint density at radius 1 is 1.04 bits per heavy atom. The Hall–Kier alpha value is -3.02. The highest BCUT2D eigenvalue weighted by molar-refractivity contribution is 6.05. The van der Waals surface area contributed by atoms with E-state index in [-0.39, 0.29) is 11.6 Å². The lowest BCUT2D eigenvalue weighted by molar-refractivity contribution is 0.102. The molecule has 1 amide bonds. The first-order valence-electron chi connectivity index (χ1n) is 8.42. The highest BCUT2D eigenvalue weighted by atomic mass is 16.5. The molecule has 0 aliphatic carbocycles. The number of carbonyl (C=O) groups excluding carboxylic acids is 1. The zero-order valence-corrected chi connectivity index (χ0v) is 14.1. The van der Waals surface area contributed by atoms with Crippen molar-refractivity contribution in [2.24, 2.45) is 0 Å². The molecule has 0 bridgehead atoms. The second kappa shape index (κ2) is 7.70. The predicted octanol–water partition coefficient (Wildman–Crippen LogP) is 3.68. The van der Waals surface area contributed by atoms with Crippen LogP contribution in [0.3, 0.4) is 0 Å². The van der Waals surface area contributed by atoms with Crippen molar-refractivity contribution in [3.8, 4) is 5.75 Å². The van der Waals surface area contributed by atoms with Gasteiger partial charge in [-0.3, -0.25) is 4.79 Å². The molecule has 0 unspecified atom stereocenters. The van der Waals surface area contributed by atoms with Gasteiger partial charge in [0.25, 0.3) is 5.91 Å². The van der Waals surface area contributed by atoms with E-state index in [4.69, 9.17) is 4.74 Å². The minimum atomic E-state index is -0.270. The van der Waals surface area contributed by atoms with Crippen molar-refractivity contribution in [1.82, 2.24) is 9.97 Å². The van der Waals surface area contributed by atoms with Crippen molar-refractivity contribution in [2.75, 3.05) is 11.9 Å². The quantitative estimate of drug-likeness (QED) is 0.574. The number of aromatic nitrogens is 2. The van der Waals surface area contributed by atoms with Gasteiger partial charge in [0, 0.05) is 11.3 Å². The van der Waals surface area contributed by atoms with Crippen LogP contribution in [0.2, 0.25) is 0 Å². The molecular weight excluding hydrogens is 318 g/mol. The van der Waals surface area contributed by atoms with Gasteiger partial charge in [-0.1, -0.05) is 19.8 Å². The minimum Gasteiger partial charge on any atom is -0.494 e. The Kier molecular flexibility index (Phi) is 5.18. The number of hydrogen-bond acceptors (Lipinski definition) is 3. The van der Waals surface area contributed by atoms with Gasteiger partial charge in [0.1, 0.15) is 5.75 Å². The van der Waals surface area contributed by atoms with Crippen LogP contribution in [0.5, 0.6) is 5.75 Å². The number of fused-ring (bicyclic) bond motifs is 1. The van der Waals surface area contributed by atoms with E-state index in [0.717, 1.165) is 25.0 Å². The average molecular weight is 339 g/mol. The second-order valence-electron chi connectivity index (χ2n) is 5.87. The molecule has 25 heavy (non-hydrogen) atoms. The maximum Gasteiger partial charge on any atom is 0.323 e. The summed E-state index contributed by atoms with van der Waals surface area (Å²) in [4.78, 5) is 28.9. The van der Waals surface area contributed by atoms with Gasteiger partial charge in [0.15, 0.2) is 0 Å². The van der Waals surface area contributed by atoms with E-state index in [2.05, 4.69) is 22.2 Å². The van der Waals surface area contributed by atoms with Crippen LogP contribution >= 0.6 is 0 Å². The summed E-state index contributed by atoms with van der Waals surface area (Å²) < 4.78 is 5.64. The highest BCUT2D eigenvalue weighted by Crippen LogP contribution is 2.17. The van der Waals surface area contributed by atoms with Crippen LogP contribution in [0.4, 0.5) is 5.69 Å². The van der Waals surface area contributed by atoms with Gasteiger partial charge in [0.2, 0.25) is 0 Å². The summed E-state index contributed by atoms with van der Waals surface area (Å²) in [5, 5.41) is 2.82. The van der Waals surface area contributed by atoms with Crippen LogP contribution in [-0.4, -0.2) is 22.5 Å². The van der Waals surface area contributed by atoms with E-state index in [1.54, 1.807) is 42.5 Å². The third-order valence-corrected chi connectivity index (χ3v) is 3.91. The maximum atomic E-state index is 12.3. The smallest absolute Gasteiger partial charge is 0.323 e. The molecule has 130 valence electrons. The number of nitrogens with one attached hydrogen (secondary N) is 3. The predicted molar refractivity (Wildman–Crippen MR) is 98.3 cm³/mol. The van der Waals surface area contributed by atoms with E-state index in [0.29, 0.717) is 28.9 Å². The third-order valence-electron chi connectivity index (χ3n) is 3.91. The average Bonchev–Trinajstić information content (AvgIpc) is 2.98. The summed E-state index contributed by atoms with van der Waals surface area (Å²) in [6, 6.07) is 12.3. The molecule has 3 aromatic rings. The van der Waals surface area contributed by atoms with Gasteiger partial charge >= 0.3 is 5.69 Å². The lowest BCUT2D eigenvalue weighted by atomic mass is 10.2. The molecule has 2 aromatic carbocycles. The molecule has 3 N–H and O–H groups in total. The van der Waals surface area contributed by atoms with Crippen LogP contribution in [0, 0.1) is 0 Å². The number of ether oxygens (including phenoxy) is 1. The summed E-state index contributed by atoms with van der Waals surface area (Å²) in [6.07, 6.45) is 3.34. The Bertz CT molecular complexity index is 910. The Labute approximate surface area is 145 Å². The fourth-order valence-corrected chi connectivity index (χ4v) is 2.56. The number of aromatic amines is 2.